The van der Waals surface area contributed by atoms with E-state index in [-0.39, 0.29) is 16.4 Å². The van der Waals surface area contributed by atoms with Gasteiger partial charge in [-0.05, 0) is 24.1 Å². The van der Waals surface area contributed by atoms with E-state index in [1.165, 1.54) is 6.07 Å². The van der Waals surface area contributed by atoms with E-state index in [2.05, 4.69) is 5.32 Å². The first-order valence-electron chi connectivity index (χ1n) is 6.20. The molecule has 104 valence electrons. The zero-order valence-electron chi connectivity index (χ0n) is 10.8. The number of rotatable bonds is 5. The van der Waals surface area contributed by atoms with Gasteiger partial charge in [0.2, 0.25) is 0 Å². The van der Waals surface area contributed by atoms with Crippen molar-refractivity contribution in [2.75, 3.05) is 6.54 Å². The van der Waals surface area contributed by atoms with E-state index >= 15 is 0 Å². The largest absolute Gasteiger partial charge is 0.352 e. The lowest BCUT2D eigenvalue weighted by Crippen LogP contribution is -2.26. The molecule has 4 nitrogen and oxygen atoms in total. The van der Waals surface area contributed by atoms with Crippen molar-refractivity contribution in [2.24, 2.45) is 0 Å². The van der Waals surface area contributed by atoms with E-state index in [1.807, 2.05) is 30.3 Å². The SMILES string of the molecule is O=C(NCCc1ccccc1)c1ccccc1S(=O)O. The van der Waals surface area contributed by atoms with Gasteiger partial charge in [0.05, 0.1) is 10.5 Å². The molecule has 0 aromatic heterocycles. The molecule has 0 aliphatic carbocycles. The van der Waals surface area contributed by atoms with Crippen LogP contribution in [0.3, 0.4) is 0 Å². The Morgan fingerprint density at radius 3 is 2.40 bits per heavy atom. The Morgan fingerprint density at radius 2 is 1.70 bits per heavy atom. The number of benzene rings is 2. The number of hydrogen-bond donors (Lipinski definition) is 2. The summed E-state index contributed by atoms with van der Waals surface area (Å²) in [7, 11) is 0. The average Bonchev–Trinajstić information content (AvgIpc) is 2.48. The van der Waals surface area contributed by atoms with E-state index in [0.717, 1.165) is 12.0 Å². The first-order valence-corrected chi connectivity index (χ1v) is 7.31. The Balaban J connectivity index is 1.97. The molecule has 0 aliphatic rings. The Morgan fingerprint density at radius 1 is 1.05 bits per heavy atom. The second-order valence-corrected chi connectivity index (χ2v) is 5.17. The van der Waals surface area contributed by atoms with Gasteiger partial charge < -0.3 is 9.87 Å². The van der Waals surface area contributed by atoms with Crippen LogP contribution in [0.4, 0.5) is 0 Å². The maximum Gasteiger partial charge on any atom is 0.252 e. The first-order chi connectivity index (χ1) is 9.68. The average molecular weight is 289 g/mol. The summed E-state index contributed by atoms with van der Waals surface area (Å²) in [5, 5.41) is 2.76. The zero-order valence-corrected chi connectivity index (χ0v) is 11.6. The molecule has 2 aromatic rings. The van der Waals surface area contributed by atoms with Gasteiger partial charge in [-0.2, -0.15) is 0 Å². The molecule has 0 spiro atoms. The van der Waals surface area contributed by atoms with Crippen LogP contribution in [0.2, 0.25) is 0 Å². The fourth-order valence-corrected chi connectivity index (χ4v) is 2.41. The van der Waals surface area contributed by atoms with E-state index in [0.29, 0.717) is 6.54 Å². The van der Waals surface area contributed by atoms with Gasteiger partial charge in [0, 0.05) is 6.54 Å². The first kappa shape index (κ1) is 14.4. The van der Waals surface area contributed by atoms with Crippen molar-refractivity contribution in [2.45, 2.75) is 11.3 Å². The lowest BCUT2D eigenvalue weighted by Gasteiger charge is -2.08. The molecule has 0 aliphatic heterocycles. The monoisotopic (exact) mass is 289 g/mol. The minimum Gasteiger partial charge on any atom is -0.352 e. The lowest BCUT2D eigenvalue weighted by molar-refractivity contribution is 0.0951. The molecule has 2 aromatic carbocycles. The van der Waals surface area contributed by atoms with Crippen LogP contribution in [0, 0.1) is 0 Å². The van der Waals surface area contributed by atoms with Crippen LogP contribution in [0.25, 0.3) is 0 Å². The van der Waals surface area contributed by atoms with Crippen molar-refractivity contribution in [3.05, 3.63) is 65.7 Å². The van der Waals surface area contributed by atoms with Crippen molar-refractivity contribution in [1.29, 1.82) is 0 Å². The van der Waals surface area contributed by atoms with Crippen LogP contribution < -0.4 is 5.32 Å². The van der Waals surface area contributed by atoms with Crippen LogP contribution in [0.15, 0.2) is 59.5 Å². The maximum absolute atomic E-state index is 12.0. The highest BCUT2D eigenvalue weighted by atomic mass is 32.2. The van der Waals surface area contributed by atoms with Gasteiger partial charge in [-0.15, -0.1) is 0 Å². The van der Waals surface area contributed by atoms with Gasteiger partial charge in [0.1, 0.15) is 0 Å². The highest BCUT2D eigenvalue weighted by Crippen LogP contribution is 2.12. The smallest absolute Gasteiger partial charge is 0.252 e. The molecule has 2 N–H and O–H groups in total. The highest BCUT2D eigenvalue weighted by Gasteiger charge is 2.13. The van der Waals surface area contributed by atoms with Crippen molar-refractivity contribution >= 4 is 17.0 Å². The molecule has 5 heteroatoms. The summed E-state index contributed by atoms with van der Waals surface area (Å²) in [4.78, 5) is 12.1. The molecule has 0 fully saturated rings. The predicted molar refractivity (Wildman–Crippen MR) is 78.0 cm³/mol. The molecule has 0 radical (unpaired) electrons. The highest BCUT2D eigenvalue weighted by molar-refractivity contribution is 7.79. The van der Waals surface area contributed by atoms with Crippen molar-refractivity contribution < 1.29 is 13.6 Å². The standard InChI is InChI=1S/C15H15NO3S/c17-15(13-8-4-5-9-14(13)20(18)19)16-11-10-12-6-2-1-3-7-12/h1-9H,10-11H2,(H,16,17)(H,18,19). The second kappa shape index (κ2) is 6.98. The molecule has 0 bridgehead atoms. The molecule has 2 rings (SSSR count). The summed E-state index contributed by atoms with van der Waals surface area (Å²) in [6, 6.07) is 16.1. The van der Waals surface area contributed by atoms with Crippen LogP contribution in [0.5, 0.6) is 0 Å². The molecule has 0 heterocycles. The molecular weight excluding hydrogens is 274 g/mol. The fourth-order valence-electron chi connectivity index (χ4n) is 1.87. The van der Waals surface area contributed by atoms with E-state index in [9.17, 15) is 9.00 Å². The Kier molecular flexibility index (Phi) is 5.03. The molecule has 1 atom stereocenters. The van der Waals surface area contributed by atoms with Gasteiger partial charge in [-0.25, -0.2) is 4.21 Å². The Bertz CT molecular complexity index is 614. The summed E-state index contributed by atoms with van der Waals surface area (Å²) >= 11 is -2.16. The fraction of sp³-hybridized carbons (Fsp3) is 0.133. The molecule has 1 unspecified atom stereocenters. The minimum atomic E-state index is -2.16. The molecule has 20 heavy (non-hydrogen) atoms. The summed E-state index contributed by atoms with van der Waals surface area (Å²) in [5.41, 5.74) is 1.37. The van der Waals surface area contributed by atoms with Gasteiger partial charge in [-0.1, -0.05) is 42.5 Å². The number of hydrogen-bond acceptors (Lipinski definition) is 2. The summed E-state index contributed by atoms with van der Waals surface area (Å²) < 4.78 is 20.3. The number of amides is 1. The molecule has 0 saturated heterocycles. The predicted octanol–water partition coefficient (Wildman–Crippen LogP) is 2.24. The van der Waals surface area contributed by atoms with Gasteiger partial charge in [0.15, 0.2) is 11.1 Å². The van der Waals surface area contributed by atoms with Crippen LogP contribution >= 0.6 is 0 Å². The molecule has 1 amide bonds. The minimum absolute atomic E-state index is 0.129. The van der Waals surface area contributed by atoms with Crippen LogP contribution in [0.1, 0.15) is 15.9 Å². The second-order valence-electron chi connectivity index (χ2n) is 4.24. The van der Waals surface area contributed by atoms with Crippen molar-refractivity contribution in [3.8, 4) is 0 Å². The normalized spacial score (nSPS) is 11.8. The molecule has 0 saturated carbocycles. The molecular formula is C15H15NO3S. The van der Waals surface area contributed by atoms with E-state index < -0.39 is 11.1 Å². The quantitative estimate of drug-likeness (QED) is 0.830. The lowest BCUT2D eigenvalue weighted by atomic mass is 10.1. The van der Waals surface area contributed by atoms with Gasteiger partial charge in [0.25, 0.3) is 5.91 Å². The van der Waals surface area contributed by atoms with Gasteiger partial charge in [-0.3, -0.25) is 4.79 Å². The summed E-state index contributed by atoms with van der Waals surface area (Å²) in [6.45, 7) is 0.481. The third-order valence-corrected chi connectivity index (χ3v) is 3.59. The number of carbonyl (C=O) groups excluding carboxylic acids is 1. The summed E-state index contributed by atoms with van der Waals surface area (Å²) in [5.74, 6) is -0.334. The van der Waals surface area contributed by atoms with Crippen molar-refractivity contribution in [3.63, 3.8) is 0 Å². The topological polar surface area (TPSA) is 66.4 Å². The number of nitrogens with one attached hydrogen (secondary N) is 1. The van der Waals surface area contributed by atoms with E-state index in [4.69, 9.17) is 4.55 Å². The maximum atomic E-state index is 12.0. The summed E-state index contributed by atoms with van der Waals surface area (Å²) in [6.07, 6.45) is 0.719. The van der Waals surface area contributed by atoms with Crippen molar-refractivity contribution in [1.82, 2.24) is 5.32 Å². The van der Waals surface area contributed by atoms with Gasteiger partial charge >= 0.3 is 0 Å². The van der Waals surface area contributed by atoms with Crippen LogP contribution in [-0.4, -0.2) is 21.2 Å². The third kappa shape index (κ3) is 3.76. The van der Waals surface area contributed by atoms with Crippen LogP contribution in [-0.2, 0) is 17.5 Å². The zero-order chi connectivity index (χ0) is 14.4. The Hall–Kier alpha value is -1.98. The third-order valence-electron chi connectivity index (χ3n) is 2.86. The Labute approximate surface area is 120 Å². The van der Waals surface area contributed by atoms with E-state index in [1.54, 1.807) is 18.2 Å². The number of carbonyl (C=O) groups is 1.